The van der Waals surface area contributed by atoms with E-state index in [1.165, 1.54) is 37.1 Å². The molecule has 3 aromatic carbocycles. The number of ether oxygens (including phenoxy) is 1. The summed E-state index contributed by atoms with van der Waals surface area (Å²) in [5.41, 5.74) is 3.81. The van der Waals surface area contributed by atoms with Gasteiger partial charge in [0.15, 0.2) is 0 Å². The Bertz CT molecular complexity index is 958. The summed E-state index contributed by atoms with van der Waals surface area (Å²) in [6.45, 7) is 4.82. The van der Waals surface area contributed by atoms with Crippen LogP contribution in [0.15, 0.2) is 84.9 Å². The van der Waals surface area contributed by atoms with Crippen LogP contribution in [0.5, 0.6) is 5.75 Å². The smallest absolute Gasteiger partial charge is 0.141 e. The van der Waals surface area contributed by atoms with Gasteiger partial charge < -0.3 is 10.1 Å². The first-order valence-corrected chi connectivity index (χ1v) is 11.5. The van der Waals surface area contributed by atoms with Crippen LogP contribution in [-0.2, 0) is 0 Å². The highest BCUT2D eigenvalue weighted by molar-refractivity contribution is 5.58. The van der Waals surface area contributed by atoms with E-state index in [0.29, 0.717) is 12.0 Å². The van der Waals surface area contributed by atoms with Crippen LogP contribution in [0.1, 0.15) is 36.8 Å². The first-order chi connectivity index (χ1) is 15.2. The number of piperidine rings is 3. The number of fused-ring (bicyclic) bond motifs is 3. The minimum absolute atomic E-state index is 0.0509. The van der Waals surface area contributed by atoms with Crippen molar-refractivity contribution in [2.75, 3.05) is 25.5 Å². The summed E-state index contributed by atoms with van der Waals surface area (Å²) in [7, 11) is 1.76. The largest absolute Gasteiger partial charge is 0.495 e. The first kappa shape index (κ1) is 20.1. The quantitative estimate of drug-likeness (QED) is 0.554. The van der Waals surface area contributed by atoms with Gasteiger partial charge >= 0.3 is 0 Å². The SMILES string of the molecule is COc1ccccc1N[C@H]1C2CCN(CC2)[C@@]1(C)C(c1ccccc1)c1ccccc1. The topological polar surface area (TPSA) is 24.5 Å². The zero-order chi connectivity index (χ0) is 21.3. The van der Waals surface area contributed by atoms with E-state index in [1.807, 2.05) is 12.1 Å². The Morgan fingerprint density at radius 3 is 1.97 bits per heavy atom. The number of benzene rings is 3. The first-order valence-electron chi connectivity index (χ1n) is 11.5. The predicted molar refractivity (Wildman–Crippen MR) is 128 cm³/mol. The van der Waals surface area contributed by atoms with Crippen molar-refractivity contribution in [3.8, 4) is 5.75 Å². The number of nitrogens with one attached hydrogen (secondary N) is 1. The minimum atomic E-state index is -0.0509. The highest BCUT2D eigenvalue weighted by Crippen LogP contribution is 2.50. The maximum atomic E-state index is 5.69. The highest BCUT2D eigenvalue weighted by atomic mass is 16.5. The van der Waals surface area contributed by atoms with Crippen molar-refractivity contribution in [1.29, 1.82) is 0 Å². The lowest BCUT2D eigenvalue weighted by atomic mass is 9.62. The van der Waals surface area contributed by atoms with Gasteiger partial charge in [-0.3, -0.25) is 4.90 Å². The Kier molecular flexibility index (Phi) is 5.45. The maximum absolute atomic E-state index is 5.69. The molecule has 0 radical (unpaired) electrons. The van der Waals surface area contributed by atoms with E-state index < -0.39 is 0 Å². The maximum Gasteiger partial charge on any atom is 0.141 e. The second-order valence-corrected chi connectivity index (χ2v) is 9.13. The molecule has 2 bridgehead atoms. The van der Waals surface area contributed by atoms with E-state index in [-0.39, 0.29) is 11.5 Å². The van der Waals surface area contributed by atoms with Crippen molar-refractivity contribution in [1.82, 2.24) is 4.90 Å². The van der Waals surface area contributed by atoms with Crippen molar-refractivity contribution in [2.24, 2.45) is 5.92 Å². The fraction of sp³-hybridized carbons (Fsp3) is 0.357. The summed E-state index contributed by atoms with van der Waals surface area (Å²) in [4.78, 5) is 2.74. The van der Waals surface area contributed by atoms with Crippen LogP contribution in [-0.4, -0.2) is 36.7 Å². The van der Waals surface area contributed by atoms with Crippen LogP contribution in [0.3, 0.4) is 0 Å². The van der Waals surface area contributed by atoms with Crippen molar-refractivity contribution in [3.63, 3.8) is 0 Å². The summed E-state index contributed by atoms with van der Waals surface area (Å²) >= 11 is 0. The van der Waals surface area contributed by atoms with Gasteiger partial charge in [0.1, 0.15) is 5.75 Å². The van der Waals surface area contributed by atoms with Crippen LogP contribution in [0.4, 0.5) is 5.69 Å². The molecule has 31 heavy (non-hydrogen) atoms. The van der Waals surface area contributed by atoms with Gasteiger partial charge in [0.25, 0.3) is 0 Å². The zero-order valence-corrected chi connectivity index (χ0v) is 18.5. The Morgan fingerprint density at radius 2 is 1.39 bits per heavy atom. The Morgan fingerprint density at radius 1 is 0.839 bits per heavy atom. The van der Waals surface area contributed by atoms with E-state index in [2.05, 4.69) is 89.9 Å². The molecule has 3 heteroatoms. The Balaban J connectivity index is 1.63. The molecule has 0 saturated carbocycles. The molecule has 3 fully saturated rings. The lowest BCUT2D eigenvalue weighted by Crippen LogP contribution is -2.70. The number of methoxy groups -OCH3 is 1. The molecule has 6 rings (SSSR count). The number of para-hydroxylation sites is 2. The number of rotatable bonds is 6. The molecule has 0 aromatic heterocycles. The average Bonchev–Trinajstić information content (AvgIpc) is 2.83. The third kappa shape index (κ3) is 3.51. The van der Waals surface area contributed by atoms with Gasteiger partial charge in [0.05, 0.1) is 12.8 Å². The van der Waals surface area contributed by atoms with Crippen LogP contribution in [0.25, 0.3) is 0 Å². The fourth-order valence-corrected chi connectivity index (χ4v) is 6.10. The summed E-state index contributed by atoms with van der Waals surface area (Å²) in [6.07, 6.45) is 2.50. The summed E-state index contributed by atoms with van der Waals surface area (Å²) in [5.74, 6) is 1.84. The van der Waals surface area contributed by atoms with E-state index >= 15 is 0 Å². The predicted octanol–water partition coefficient (Wildman–Crippen LogP) is 5.79. The standard InChI is InChI=1S/C28H32N2O/c1-28(26(21-11-5-3-6-12-21)22-13-7-4-8-14-22)27(23-17-19-30(28)20-18-23)29-24-15-9-10-16-25(24)31-2/h3-16,23,26-27,29H,17-20H2,1-2H3/t27-,28-/m0/s1. The summed E-state index contributed by atoms with van der Waals surface area (Å²) < 4.78 is 5.69. The molecule has 1 N–H and O–H groups in total. The molecule has 3 nitrogen and oxygen atoms in total. The van der Waals surface area contributed by atoms with Crippen molar-refractivity contribution in [3.05, 3.63) is 96.1 Å². The molecular formula is C28H32N2O. The second-order valence-electron chi connectivity index (χ2n) is 9.13. The molecule has 3 saturated heterocycles. The molecular weight excluding hydrogens is 380 g/mol. The molecule has 3 heterocycles. The fourth-order valence-electron chi connectivity index (χ4n) is 6.10. The lowest BCUT2D eigenvalue weighted by Gasteiger charge is -2.61. The van der Waals surface area contributed by atoms with E-state index in [9.17, 15) is 0 Å². The third-order valence-electron chi connectivity index (χ3n) is 7.59. The normalized spacial score (nSPS) is 27.3. The van der Waals surface area contributed by atoms with Crippen LogP contribution in [0.2, 0.25) is 0 Å². The van der Waals surface area contributed by atoms with Crippen molar-refractivity contribution in [2.45, 2.75) is 37.3 Å². The van der Waals surface area contributed by atoms with Crippen molar-refractivity contribution >= 4 is 5.69 Å². The monoisotopic (exact) mass is 412 g/mol. The molecule has 0 spiro atoms. The van der Waals surface area contributed by atoms with Gasteiger partial charge in [-0.15, -0.1) is 0 Å². The van der Waals surface area contributed by atoms with Gasteiger partial charge in [0.2, 0.25) is 0 Å². The molecule has 160 valence electrons. The van der Waals surface area contributed by atoms with Crippen molar-refractivity contribution < 1.29 is 4.74 Å². The number of nitrogens with zero attached hydrogens (tertiary/aromatic N) is 1. The molecule has 2 atom stereocenters. The third-order valence-corrected chi connectivity index (χ3v) is 7.59. The number of anilines is 1. The highest BCUT2D eigenvalue weighted by Gasteiger charge is 2.55. The van der Waals surface area contributed by atoms with Crippen LogP contribution >= 0.6 is 0 Å². The van der Waals surface area contributed by atoms with E-state index in [1.54, 1.807) is 7.11 Å². The molecule has 3 aliphatic heterocycles. The molecule has 0 amide bonds. The van der Waals surface area contributed by atoms with Gasteiger partial charge in [-0.25, -0.2) is 0 Å². The summed E-state index contributed by atoms with van der Waals surface area (Å²) in [6, 6.07) is 30.8. The molecule has 3 aromatic rings. The molecule has 0 unspecified atom stereocenters. The summed E-state index contributed by atoms with van der Waals surface area (Å²) in [5, 5.41) is 3.98. The average molecular weight is 413 g/mol. The minimum Gasteiger partial charge on any atom is -0.495 e. The Labute approximate surface area is 186 Å². The van der Waals surface area contributed by atoms with E-state index in [0.717, 1.165) is 11.4 Å². The number of hydrogen-bond acceptors (Lipinski definition) is 3. The molecule has 0 aliphatic carbocycles. The van der Waals surface area contributed by atoms with Gasteiger partial charge in [-0.2, -0.15) is 0 Å². The Hall–Kier alpha value is -2.78. The zero-order valence-electron chi connectivity index (χ0n) is 18.5. The number of hydrogen-bond donors (Lipinski definition) is 1. The van der Waals surface area contributed by atoms with E-state index in [4.69, 9.17) is 4.74 Å². The molecule has 3 aliphatic rings. The van der Waals surface area contributed by atoms with Gasteiger partial charge in [0, 0.05) is 17.5 Å². The van der Waals surface area contributed by atoms with Crippen LogP contribution in [0, 0.1) is 5.92 Å². The second kappa shape index (κ2) is 8.39. The van der Waals surface area contributed by atoms with Gasteiger partial charge in [-0.05, 0) is 62.0 Å². The lowest BCUT2D eigenvalue weighted by molar-refractivity contribution is -0.0401. The van der Waals surface area contributed by atoms with Gasteiger partial charge in [-0.1, -0.05) is 72.8 Å². The van der Waals surface area contributed by atoms with Crippen LogP contribution < -0.4 is 10.1 Å².